The molecule has 4 heteroatoms. The van der Waals surface area contributed by atoms with Crippen LogP contribution in [0.15, 0.2) is 80.6 Å². The highest BCUT2D eigenvalue weighted by Gasteiger charge is 2.26. The molecule has 2 rings (SSSR count). The van der Waals surface area contributed by atoms with Gasteiger partial charge in [0.2, 0.25) is 0 Å². The van der Waals surface area contributed by atoms with Crippen LogP contribution in [-0.4, -0.2) is 48.5 Å². The molecular formula is C32H50N4. The second-order valence-electron chi connectivity index (χ2n) is 11.0. The lowest BCUT2D eigenvalue weighted by Crippen LogP contribution is -2.56. The fourth-order valence-corrected chi connectivity index (χ4v) is 4.38. The summed E-state index contributed by atoms with van der Waals surface area (Å²) >= 11 is 0. The number of hydrogen-bond donors (Lipinski definition) is 1. The maximum absolute atomic E-state index is 5.28. The highest BCUT2D eigenvalue weighted by atomic mass is 15.2. The summed E-state index contributed by atoms with van der Waals surface area (Å²) in [4.78, 5) is 12.4. The van der Waals surface area contributed by atoms with Gasteiger partial charge in [0.15, 0.2) is 0 Å². The van der Waals surface area contributed by atoms with E-state index in [-0.39, 0.29) is 5.54 Å². The van der Waals surface area contributed by atoms with E-state index in [1.807, 2.05) is 14.0 Å². The molecule has 4 nitrogen and oxygen atoms in total. The van der Waals surface area contributed by atoms with E-state index in [1.54, 1.807) is 0 Å². The zero-order valence-corrected chi connectivity index (χ0v) is 24.5. The summed E-state index contributed by atoms with van der Waals surface area (Å²) in [5.74, 6) is 0.336. The van der Waals surface area contributed by atoms with Crippen LogP contribution in [0.1, 0.15) is 81.1 Å². The Bertz CT molecular complexity index is 1000. The molecule has 0 radical (unpaired) electrons. The minimum atomic E-state index is 0.108. The van der Waals surface area contributed by atoms with Gasteiger partial charge in [0.25, 0.3) is 0 Å². The van der Waals surface area contributed by atoms with E-state index in [1.165, 1.54) is 36.1 Å². The second-order valence-corrected chi connectivity index (χ2v) is 11.0. The Morgan fingerprint density at radius 2 is 1.86 bits per heavy atom. The van der Waals surface area contributed by atoms with Crippen molar-refractivity contribution in [2.75, 3.05) is 26.7 Å². The maximum Gasteiger partial charge on any atom is 0.0887 e. The monoisotopic (exact) mass is 490 g/mol. The molecule has 0 bridgehead atoms. The third-order valence-corrected chi connectivity index (χ3v) is 7.42. The molecule has 2 aliphatic rings. The number of hydrogen-bond acceptors (Lipinski definition) is 4. The first-order valence-corrected chi connectivity index (χ1v) is 13.7. The molecule has 1 saturated carbocycles. The Kier molecular flexibility index (Phi) is 11.4. The normalized spacial score (nSPS) is 21.1. The van der Waals surface area contributed by atoms with Crippen LogP contribution in [0.5, 0.6) is 0 Å². The molecule has 0 amide bonds. The number of aliphatic imine (C=N–C) groups is 2. The summed E-state index contributed by atoms with van der Waals surface area (Å²) in [6.45, 7) is 24.6. The third-order valence-electron chi connectivity index (χ3n) is 7.42. The second kappa shape index (κ2) is 13.7. The van der Waals surface area contributed by atoms with Gasteiger partial charge in [0.05, 0.1) is 11.4 Å². The Labute approximate surface area is 221 Å². The average molecular weight is 491 g/mol. The summed E-state index contributed by atoms with van der Waals surface area (Å²) in [6, 6.07) is 0. The molecule has 1 aliphatic carbocycles. The molecule has 1 atom stereocenters. The Balaban J connectivity index is 2.53. The van der Waals surface area contributed by atoms with E-state index in [9.17, 15) is 0 Å². The van der Waals surface area contributed by atoms with Crippen LogP contribution >= 0.6 is 0 Å². The number of rotatable bonds is 10. The molecule has 1 aliphatic heterocycles. The first-order chi connectivity index (χ1) is 17.0. The Morgan fingerprint density at radius 3 is 2.36 bits per heavy atom. The van der Waals surface area contributed by atoms with Gasteiger partial charge in [-0.3, -0.25) is 9.98 Å². The van der Waals surface area contributed by atoms with E-state index >= 15 is 0 Å². The van der Waals surface area contributed by atoms with Crippen molar-refractivity contribution in [1.29, 1.82) is 0 Å². The smallest absolute Gasteiger partial charge is 0.0887 e. The van der Waals surface area contributed by atoms with E-state index < -0.39 is 0 Å². The highest BCUT2D eigenvalue weighted by Crippen LogP contribution is 2.30. The Morgan fingerprint density at radius 1 is 1.17 bits per heavy atom. The van der Waals surface area contributed by atoms with Gasteiger partial charge in [-0.1, -0.05) is 37.6 Å². The summed E-state index contributed by atoms with van der Waals surface area (Å²) in [5, 5.41) is 3.61. The average Bonchev–Trinajstić information content (AvgIpc) is 2.78. The van der Waals surface area contributed by atoms with Crippen LogP contribution in [0, 0.1) is 5.92 Å². The van der Waals surface area contributed by atoms with E-state index in [0.29, 0.717) is 5.92 Å². The van der Waals surface area contributed by atoms with Crippen molar-refractivity contribution in [2.24, 2.45) is 15.9 Å². The van der Waals surface area contributed by atoms with Gasteiger partial charge >= 0.3 is 0 Å². The molecule has 1 saturated heterocycles. The fourth-order valence-electron chi connectivity index (χ4n) is 4.38. The standard InChI is InChI=1S/C32H50N4/c1-11-24(5)29(17-16-28(12-2)36-19-18-34-32(8,9)22-36)35-31(21-26(7)27-14-13-15-27)30(33-10)20-25(6)23(3)4/h12,16-17,20-21,24,34H,3,11,13-15,18-19,22H2,1-2,4-10H3/b17-16-,25-20+,28-12+,31-21-,33-30+,35-29-. The number of nitrogens with one attached hydrogen (secondary N) is 1. The molecule has 2 fully saturated rings. The molecular weight excluding hydrogens is 440 g/mol. The molecule has 1 unspecified atom stereocenters. The van der Waals surface area contributed by atoms with Crippen LogP contribution in [-0.2, 0) is 0 Å². The lowest BCUT2D eigenvalue weighted by molar-refractivity contribution is 0.195. The predicted octanol–water partition coefficient (Wildman–Crippen LogP) is 7.59. The van der Waals surface area contributed by atoms with Gasteiger partial charge in [-0.25, -0.2) is 0 Å². The minimum absolute atomic E-state index is 0.108. The first-order valence-electron chi connectivity index (χ1n) is 13.7. The van der Waals surface area contributed by atoms with Gasteiger partial charge in [0.1, 0.15) is 0 Å². The topological polar surface area (TPSA) is 40.0 Å². The van der Waals surface area contributed by atoms with Crippen LogP contribution in [0.2, 0.25) is 0 Å². The lowest BCUT2D eigenvalue weighted by atomic mass is 9.88. The largest absolute Gasteiger partial charge is 0.369 e. The number of nitrogens with zero attached hydrogens (tertiary/aromatic N) is 3. The predicted molar refractivity (Wildman–Crippen MR) is 160 cm³/mol. The summed E-state index contributed by atoms with van der Waals surface area (Å²) in [5.41, 5.74) is 9.32. The van der Waals surface area contributed by atoms with E-state index in [0.717, 1.165) is 54.3 Å². The van der Waals surface area contributed by atoms with E-state index in [2.05, 4.69) is 101 Å². The van der Waals surface area contributed by atoms with Crippen molar-refractivity contribution in [3.05, 3.63) is 70.6 Å². The SMILES string of the molecule is C=C(C)/C(C)=C/C(=N\C)C(=C/C(C)=C1CCC1)/N=C(/C=C\C(=C/C)N1CCNC(C)(C)C1)C(C)CC. The summed E-state index contributed by atoms with van der Waals surface area (Å²) in [7, 11) is 1.86. The van der Waals surface area contributed by atoms with Gasteiger partial charge in [-0.2, -0.15) is 0 Å². The number of allylic oxidation sites excluding steroid dienone is 9. The van der Waals surface area contributed by atoms with Gasteiger partial charge in [0, 0.05) is 43.6 Å². The number of piperazine rings is 1. The molecule has 198 valence electrons. The van der Waals surface area contributed by atoms with Crippen LogP contribution in [0.3, 0.4) is 0 Å². The highest BCUT2D eigenvalue weighted by molar-refractivity contribution is 6.11. The van der Waals surface area contributed by atoms with Crippen molar-refractivity contribution in [3.8, 4) is 0 Å². The molecule has 0 aromatic rings. The fraction of sp³-hybridized carbons (Fsp3) is 0.562. The van der Waals surface area contributed by atoms with Crippen molar-refractivity contribution < 1.29 is 0 Å². The van der Waals surface area contributed by atoms with Crippen LogP contribution in [0.25, 0.3) is 0 Å². The van der Waals surface area contributed by atoms with Crippen molar-refractivity contribution >= 4 is 11.4 Å². The molecule has 1 heterocycles. The van der Waals surface area contributed by atoms with Crippen molar-refractivity contribution in [1.82, 2.24) is 10.2 Å². The third kappa shape index (κ3) is 8.58. The van der Waals surface area contributed by atoms with Crippen LogP contribution < -0.4 is 5.32 Å². The molecule has 0 aromatic heterocycles. The first kappa shape index (κ1) is 29.8. The zero-order chi connectivity index (χ0) is 26.9. The van der Waals surface area contributed by atoms with Gasteiger partial charge in [-0.05, 0) is 109 Å². The summed E-state index contributed by atoms with van der Waals surface area (Å²) in [6.07, 6.45) is 15.8. The molecule has 1 N–H and O–H groups in total. The lowest BCUT2D eigenvalue weighted by Gasteiger charge is -2.41. The molecule has 0 aromatic carbocycles. The Hall–Kier alpha value is -2.46. The van der Waals surface area contributed by atoms with Crippen molar-refractivity contribution in [2.45, 2.75) is 86.6 Å². The van der Waals surface area contributed by atoms with Crippen molar-refractivity contribution in [3.63, 3.8) is 0 Å². The molecule has 36 heavy (non-hydrogen) atoms. The minimum Gasteiger partial charge on any atom is -0.369 e. The van der Waals surface area contributed by atoms with Gasteiger partial charge < -0.3 is 10.2 Å². The van der Waals surface area contributed by atoms with E-state index in [4.69, 9.17) is 4.99 Å². The molecule has 0 spiro atoms. The summed E-state index contributed by atoms with van der Waals surface area (Å²) < 4.78 is 0. The quantitative estimate of drug-likeness (QED) is 0.253. The zero-order valence-electron chi connectivity index (χ0n) is 24.5. The maximum atomic E-state index is 5.28. The van der Waals surface area contributed by atoms with Gasteiger partial charge in [-0.15, -0.1) is 0 Å². The van der Waals surface area contributed by atoms with Crippen LogP contribution in [0.4, 0.5) is 0 Å².